The highest BCUT2D eigenvalue weighted by molar-refractivity contribution is 5.99. The third-order valence-electron chi connectivity index (χ3n) is 5.83. The van der Waals surface area contributed by atoms with E-state index in [9.17, 15) is 9.59 Å². The van der Waals surface area contributed by atoms with Crippen LogP contribution in [-0.4, -0.2) is 30.3 Å². The number of aromatic nitrogens is 5. The number of rotatable bonds is 4. The van der Waals surface area contributed by atoms with Crippen LogP contribution < -0.4 is 21.8 Å². The molecule has 0 spiro atoms. The lowest BCUT2D eigenvalue weighted by Crippen LogP contribution is -2.21. The number of hydrogen-bond donors (Lipinski definition) is 3. The fourth-order valence-corrected chi connectivity index (χ4v) is 3.90. The molecule has 10 nitrogen and oxygen atoms in total. The molecule has 3 aromatic heterocycles. The lowest BCUT2D eigenvalue weighted by Gasteiger charge is -2.14. The number of nitrogen functional groups attached to an aromatic ring is 1. The molecule has 4 N–H and O–H groups in total. The zero-order chi connectivity index (χ0) is 26.2. The van der Waals surface area contributed by atoms with E-state index in [1.54, 1.807) is 27.6 Å². The van der Waals surface area contributed by atoms with E-state index >= 15 is 0 Å². The van der Waals surface area contributed by atoms with Crippen LogP contribution in [0.4, 0.5) is 22.1 Å². The van der Waals surface area contributed by atoms with Crippen molar-refractivity contribution in [3.8, 4) is 11.4 Å². The van der Waals surface area contributed by atoms with Crippen molar-refractivity contribution in [2.24, 2.45) is 0 Å². The molecule has 3 heterocycles. The number of fused-ring (bicyclic) bond motifs is 1. The molecule has 186 valence electrons. The number of pyridine rings is 1. The van der Waals surface area contributed by atoms with E-state index in [4.69, 9.17) is 10.8 Å². The first-order valence-electron chi connectivity index (χ1n) is 11.7. The Morgan fingerprint density at radius 3 is 2.35 bits per heavy atom. The Balaban J connectivity index is 1.38. The molecule has 0 unspecified atom stereocenters. The van der Waals surface area contributed by atoms with Gasteiger partial charge in [-0.3, -0.25) is 10.1 Å². The third kappa shape index (κ3) is 4.76. The lowest BCUT2D eigenvalue weighted by molar-refractivity contribution is 0.262. The molecule has 10 heteroatoms. The molecule has 5 aromatic rings. The quantitative estimate of drug-likeness (QED) is 0.337. The second-order valence-electron chi connectivity index (χ2n) is 9.55. The molecule has 0 fully saturated rings. The van der Waals surface area contributed by atoms with Gasteiger partial charge in [0.1, 0.15) is 23.3 Å². The second-order valence-corrected chi connectivity index (χ2v) is 9.55. The predicted octanol–water partition coefficient (Wildman–Crippen LogP) is 4.49. The number of nitrogens with one attached hydrogen (secondary N) is 2. The number of nitrogens with two attached hydrogens (primary N) is 1. The number of anilines is 3. The van der Waals surface area contributed by atoms with Crippen molar-refractivity contribution in [2.45, 2.75) is 26.2 Å². The summed E-state index contributed by atoms with van der Waals surface area (Å²) in [4.78, 5) is 33.3. The van der Waals surface area contributed by atoms with Crippen LogP contribution in [0.15, 0.2) is 84.0 Å². The topological polar surface area (TPSA) is 133 Å². The molecule has 37 heavy (non-hydrogen) atoms. The predicted molar refractivity (Wildman–Crippen MR) is 144 cm³/mol. The van der Waals surface area contributed by atoms with E-state index < -0.39 is 6.03 Å². The molecule has 2 aromatic carbocycles. The highest BCUT2D eigenvalue weighted by Gasteiger charge is 2.21. The van der Waals surface area contributed by atoms with Crippen molar-refractivity contribution >= 4 is 34.4 Å². The lowest BCUT2D eigenvalue weighted by atomic mass is 9.92. The summed E-state index contributed by atoms with van der Waals surface area (Å²) in [6.07, 6.45) is 2.95. The molecule has 0 bridgehead atoms. The molecule has 0 saturated heterocycles. The standard InChI is InChI=1S/C27H26N8O2/c1-27(2,3)21-15-22(35(33-21)19-7-5-4-6-8-19)32-26(37)31-17-9-11-18(12-10-17)34-14-13-20(36)23-24(28)29-16-30-25(23)34/h4-16H,1-3H3,(H2,28,29,30)(H2,31,32,37). The van der Waals surface area contributed by atoms with Crippen LogP contribution in [-0.2, 0) is 5.41 Å². The molecule has 5 rings (SSSR count). The molecule has 0 saturated carbocycles. The maximum atomic E-state index is 12.9. The first-order chi connectivity index (χ1) is 17.7. The molecule has 0 radical (unpaired) electrons. The highest BCUT2D eigenvalue weighted by atomic mass is 16.2. The van der Waals surface area contributed by atoms with Crippen LogP contribution in [0.5, 0.6) is 0 Å². The molecule has 0 aliphatic rings. The van der Waals surface area contributed by atoms with Crippen molar-refractivity contribution < 1.29 is 4.79 Å². The van der Waals surface area contributed by atoms with E-state index in [-0.39, 0.29) is 22.0 Å². The van der Waals surface area contributed by atoms with Crippen LogP contribution in [0.2, 0.25) is 0 Å². The first-order valence-corrected chi connectivity index (χ1v) is 11.7. The Morgan fingerprint density at radius 2 is 1.65 bits per heavy atom. The van der Waals surface area contributed by atoms with Crippen molar-refractivity contribution in [1.29, 1.82) is 0 Å². The van der Waals surface area contributed by atoms with Gasteiger partial charge in [0.2, 0.25) is 0 Å². The first kappa shape index (κ1) is 23.7. The number of amides is 2. The third-order valence-corrected chi connectivity index (χ3v) is 5.83. The van der Waals surface area contributed by atoms with E-state index in [0.717, 1.165) is 17.1 Å². The summed E-state index contributed by atoms with van der Waals surface area (Å²) in [6.45, 7) is 6.22. The maximum Gasteiger partial charge on any atom is 0.324 e. The van der Waals surface area contributed by atoms with Crippen molar-refractivity contribution in [3.63, 3.8) is 0 Å². The largest absolute Gasteiger partial charge is 0.383 e. The average Bonchev–Trinajstić information content (AvgIpc) is 3.30. The number of nitrogens with zero attached hydrogens (tertiary/aromatic N) is 5. The van der Waals surface area contributed by atoms with Crippen LogP contribution in [0.1, 0.15) is 26.5 Å². The fourth-order valence-electron chi connectivity index (χ4n) is 3.90. The van der Waals surface area contributed by atoms with Gasteiger partial charge in [0.05, 0.1) is 11.4 Å². The van der Waals surface area contributed by atoms with Gasteiger partial charge < -0.3 is 15.6 Å². The maximum absolute atomic E-state index is 12.9. The Kier molecular flexibility index (Phi) is 5.92. The minimum atomic E-state index is -0.403. The number of para-hydroxylation sites is 1. The molecular weight excluding hydrogens is 468 g/mol. The van der Waals surface area contributed by atoms with Crippen molar-refractivity contribution in [3.05, 3.63) is 95.2 Å². The van der Waals surface area contributed by atoms with Gasteiger partial charge in [-0.05, 0) is 36.4 Å². The van der Waals surface area contributed by atoms with E-state index in [2.05, 4.69) is 41.4 Å². The number of urea groups is 1. The number of carbonyl (C=O) groups excluding carboxylic acids is 1. The van der Waals surface area contributed by atoms with Crippen LogP contribution in [0, 0.1) is 0 Å². The summed E-state index contributed by atoms with van der Waals surface area (Å²) >= 11 is 0. The SMILES string of the molecule is CC(C)(C)c1cc(NC(=O)Nc2ccc(-n3ccc(=O)c4c(N)ncnc43)cc2)n(-c2ccccc2)n1. The van der Waals surface area contributed by atoms with E-state index in [1.165, 1.54) is 12.4 Å². The van der Waals surface area contributed by atoms with E-state index in [1.807, 2.05) is 48.5 Å². The Morgan fingerprint density at radius 1 is 0.919 bits per heavy atom. The number of hydrogen-bond acceptors (Lipinski definition) is 6. The fraction of sp³-hybridized carbons (Fsp3) is 0.148. The zero-order valence-electron chi connectivity index (χ0n) is 20.6. The van der Waals surface area contributed by atoms with Crippen LogP contribution >= 0.6 is 0 Å². The van der Waals surface area contributed by atoms with Crippen molar-refractivity contribution in [2.75, 3.05) is 16.4 Å². The van der Waals surface area contributed by atoms with Gasteiger partial charge in [-0.1, -0.05) is 39.0 Å². The van der Waals surface area contributed by atoms with Gasteiger partial charge in [0.15, 0.2) is 11.1 Å². The highest BCUT2D eigenvalue weighted by Crippen LogP contribution is 2.26. The summed E-state index contributed by atoms with van der Waals surface area (Å²) in [5.74, 6) is 0.686. The van der Waals surface area contributed by atoms with Gasteiger partial charge in [-0.2, -0.15) is 5.10 Å². The number of benzene rings is 2. The van der Waals surface area contributed by atoms with Crippen molar-refractivity contribution in [1.82, 2.24) is 24.3 Å². The summed E-state index contributed by atoms with van der Waals surface area (Å²) in [7, 11) is 0. The molecule has 0 aliphatic carbocycles. The summed E-state index contributed by atoms with van der Waals surface area (Å²) in [5.41, 5.74) is 8.89. The number of carbonyl (C=O) groups is 1. The Bertz CT molecular complexity index is 1650. The van der Waals surface area contributed by atoms with Gasteiger partial charge >= 0.3 is 6.03 Å². The Hall–Kier alpha value is -4.99. The van der Waals surface area contributed by atoms with Crippen LogP contribution in [0.25, 0.3) is 22.4 Å². The molecular formula is C27H26N8O2. The molecule has 2 amide bonds. The zero-order valence-corrected chi connectivity index (χ0v) is 20.6. The monoisotopic (exact) mass is 494 g/mol. The normalized spacial score (nSPS) is 11.4. The average molecular weight is 495 g/mol. The Labute approximate surface area is 212 Å². The van der Waals surface area contributed by atoms with Crippen LogP contribution in [0.3, 0.4) is 0 Å². The van der Waals surface area contributed by atoms with E-state index in [0.29, 0.717) is 17.2 Å². The van der Waals surface area contributed by atoms with Gasteiger partial charge in [0, 0.05) is 35.1 Å². The minimum Gasteiger partial charge on any atom is -0.383 e. The smallest absolute Gasteiger partial charge is 0.324 e. The van der Waals surface area contributed by atoms with Gasteiger partial charge in [-0.25, -0.2) is 19.4 Å². The second kappa shape index (κ2) is 9.23. The van der Waals surface area contributed by atoms with Gasteiger partial charge in [0.25, 0.3) is 0 Å². The molecule has 0 atom stereocenters. The summed E-state index contributed by atoms with van der Waals surface area (Å²) in [6, 6.07) is 19.7. The minimum absolute atomic E-state index is 0.128. The summed E-state index contributed by atoms with van der Waals surface area (Å²) in [5, 5.41) is 10.8. The van der Waals surface area contributed by atoms with Gasteiger partial charge in [-0.15, -0.1) is 0 Å². The molecule has 0 aliphatic heterocycles. The summed E-state index contributed by atoms with van der Waals surface area (Å²) < 4.78 is 3.46.